The molecule has 1 rings (SSSR count). The van der Waals surface area contributed by atoms with Crippen LogP contribution in [0, 0.1) is 0 Å². The third-order valence-electron chi connectivity index (χ3n) is 1.26. The number of hydrogen-bond acceptors (Lipinski definition) is 1. The topological polar surface area (TPSA) is 37.3 Å². The van der Waals surface area contributed by atoms with Crippen LogP contribution in [0.15, 0.2) is 21.1 Å². The molecule has 0 atom stereocenters. The van der Waals surface area contributed by atoms with Gasteiger partial charge in [-0.2, -0.15) is 0 Å². The van der Waals surface area contributed by atoms with E-state index in [2.05, 4.69) is 31.9 Å². The summed E-state index contributed by atoms with van der Waals surface area (Å²) in [4.78, 5) is 10.7. The van der Waals surface area contributed by atoms with Gasteiger partial charge in [0.15, 0.2) is 0 Å². The van der Waals surface area contributed by atoms with Crippen LogP contribution < -0.4 is 0 Å². The summed E-state index contributed by atoms with van der Waals surface area (Å²) in [6.07, 6.45) is 0. The zero-order chi connectivity index (χ0) is 9.30. The maximum Gasteiger partial charge on any atom is 0.338 e. The second-order valence-electron chi connectivity index (χ2n) is 2.02. The maximum absolute atomic E-state index is 10.7. The molecule has 0 spiro atoms. The van der Waals surface area contributed by atoms with E-state index in [-0.39, 0.29) is 10.6 Å². The predicted molar refractivity (Wildman–Crippen MR) is 53.8 cm³/mol. The molecule has 1 aromatic rings. The fourth-order valence-corrected chi connectivity index (χ4v) is 1.91. The van der Waals surface area contributed by atoms with Gasteiger partial charge in [0.2, 0.25) is 0 Å². The largest absolute Gasteiger partial charge is 0.478 e. The molecule has 0 aliphatic carbocycles. The summed E-state index contributed by atoms with van der Waals surface area (Å²) in [6.45, 7) is 0. The Hall–Kier alpha value is -0.0600. The van der Waals surface area contributed by atoms with Crippen LogP contribution in [0.3, 0.4) is 0 Å². The summed E-state index contributed by atoms with van der Waals surface area (Å²) in [5.74, 6) is -1.05. The van der Waals surface area contributed by atoms with Crippen LogP contribution in [-0.2, 0) is 0 Å². The Balaban J connectivity index is 3.43. The first-order chi connectivity index (χ1) is 5.54. The molecule has 2 nitrogen and oxygen atoms in total. The van der Waals surface area contributed by atoms with E-state index in [9.17, 15) is 4.79 Å². The molecule has 12 heavy (non-hydrogen) atoms. The number of carbonyl (C=O) groups is 1. The average Bonchev–Trinajstić information content (AvgIpc) is 1.97. The van der Waals surface area contributed by atoms with Gasteiger partial charge in [-0.25, -0.2) is 4.79 Å². The van der Waals surface area contributed by atoms with Crippen molar-refractivity contribution in [1.82, 2.24) is 0 Å². The van der Waals surface area contributed by atoms with E-state index in [0.29, 0.717) is 8.95 Å². The Morgan fingerprint density at radius 1 is 1.33 bits per heavy atom. The lowest BCUT2D eigenvalue weighted by molar-refractivity contribution is 0.0696. The van der Waals surface area contributed by atoms with Gasteiger partial charge in [-0.15, -0.1) is 0 Å². The molecule has 0 fully saturated rings. The second-order valence-corrected chi connectivity index (χ2v) is 4.11. The summed E-state index contributed by atoms with van der Waals surface area (Å²) < 4.78 is 1.05. The Morgan fingerprint density at radius 3 is 2.25 bits per heavy atom. The molecule has 1 aromatic carbocycles. The number of carboxylic acid groups (broad SMARTS) is 1. The summed E-state index contributed by atoms with van der Waals surface area (Å²) in [7, 11) is 0. The van der Waals surface area contributed by atoms with E-state index in [0.717, 1.165) is 0 Å². The van der Waals surface area contributed by atoms with Gasteiger partial charge in [0.1, 0.15) is 0 Å². The van der Waals surface area contributed by atoms with E-state index in [4.69, 9.17) is 16.7 Å². The van der Waals surface area contributed by atoms with Crippen LogP contribution in [-0.4, -0.2) is 11.1 Å². The van der Waals surface area contributed by atoms with E-state index < -0.39 is 5.97 Å². The van der Waals surface area contributed by atoms with Gasteiger partial charge >= 0.3 is 5.97 Å². The van der Waals surface area contributed by atoms with Crippen LogP contribution >= 0.6 is 43.5 Å². The van der Waals surface area contributed by atoms with Crippen molar-refractivity contribution < 1.29 is 9.90 Å². The van der Waals surface area contributed by atoms with Crippen LogP contribution in [0.2, 0.25) is 5.02 Å². The van der Waals surface area contributed by atoms with Crippen LogP contribution in [0.4, 0.5) is 0 Å². The van der Waals surface area contributed by atoms with Crippen molar-refractivity contribution in [1.29, 1.82) is 0 Å². The van der Waals surface area contributed by atoms with Gasteiger partial charge in [-0.05, 0) is 44.0 Å². The highest BCUT2D eigenvalue weighted by molar-refractivity contribution is 9.11. The fourth-order valence-electron chi connectivity index (χ4n) is 0.723. The molecule has 0 saturated carbocycles. The molecular weight excluding hydrogens is 311 g/mol. The van der Waals surface area contributed by atoms with Crippen molar-refractivity contribution >= 4 is 49.4 Å². The summed E-state index contributed by atoms with van der Waals surface area (Å²) >= 11 is 12.0. The molecule has 0 heterocycles. The highest BCUT2D eigenvalue weighted by Crippen LogP contribution is 2.31. The first kappa shape index (κ1) is 10.0. The minimum absolute atomic E-state index is 0.0750. The summed E-state index contributed by atoms with van der Waals surface area (Å²) in [5.41, 5.74) is 0.0750. The smallest absolute Gasteiger partial charge is 0.338 e. The molecular formula is C7H3Br2ClO2. The molecule has 0 aliphatic heterocycles. The molecule has 5 heteroatoms. The Bertz CT molecular complexity index is 338. The number of carboxylic acids is 1. The molecule has 0 saturated heterocycles. The van der Waals surface area contributed by atoms with Crippen molar-refractivity contribution in [3.05, 3.63) is 31.7 Å². The highest BCUT2D eigenvalue weighted by Gasteiger charge is 2.14. The lowest BCUT2D eigenvalue weighted by atomic mass is 10.2. The van der Waals surface area contributed by atoms with Crippen molar-refractivity contribution in [3.63, 3.8) is 0 Å². The van der Waals surface area contributed by atoms with Gasteiger partial charge < -0.3 is 5.11 Å². The van der Waals surface area contributed by atoms with Gasteiger partial charge in [0.05, 0.1) is 10.6 Å². The third kappa shape index (κ3) is 1.81. The van der Waals surface area contributed by atoms with E-state index in [1.165, 1.54) is 0 Å². The molecule has 0 aromatic heterocycles. The summed E-state index contributed by atoms with van der Waals surface area (Å²) in [6, 6.07) is 3.30. The highest BCUT2D eigenvalue weighted by atomic mass is 79.9. The van der Waals surface area contributed by atoms with Gasteiger partial charge in [-0.1, -0.05) is 11.6 Å². The minimum Gasteiger partial charge on any atom is -0.478 e. The van der Waals surface area contributed by atoms with Crippen LogP contribution in [0.25, 0.3) is 0 Å². The molecule has 64 valence electrons. The maximum atomic E-state index is 10.7. The Kier molecular flexibility index (Phi) is 3.15. The van der Waals surface area contributed by atoms with Gasteiger partial charge in [-0.3, -0.25) is 0 Å². The molecule has 0 radical (unpaired) electrons. The second kappa shape index (κ2) is 3.77. The predicted octanol–water partition coefficient (Wildman–Crippen LogP) is 3.56. The number of rotatable bonds is 1. The quantitative estimate of drug-likeness (QED) is 0.805. The Labute approximate surface area is 90.8 Å². The molecule has 0 amide bonds. The van der Waals surface area contributed by atoms with Crippen molar-refractivity contribution in [3.8, 4) is 0 Å². The number of aromatic carboxylic acids is 1. The average molecular weight is 314 g/mol. The Morgan fingerprint density at radius 2 is 1.83 bits per heavy atom. The van der Waals surface area contributed by atoms with Crippen molar-refractivity contribution in [2.45, 2.75) is 0 Å². The SMILES string of the molecule is O=C(O)c1c(Br)ccc(Br)c1Cl. The lowest BCUT2D eigenvalue weighted by Crippen LogP contribution is -1.99. The zero-order valence-electron chi connectivity index (χ0n) is 5.64. The molecule has 0 unspecified atom stereocenters. The first-order valence-corrected chi connectivity index (χ1v) is 4.87. The van der Waals surface area contributed by atoms with Crippen LogP contribution in [0.5, 0.6) is 0 Å². The minimum atomic E-state index is -1.05. The monoisotopic (exact) mass is 312 g/mol. The standard InChI is InChI=1S/C7H3Br2ClO2/c8-3-1-2-4(9)6(10)5(3)7(11)12/h1-2H,(H,11,12). The number of benzene rings is 1. The molecule has 1 N–H and O–H groups in total. The normalized spacial score (nSPS) is 9.92. The number of halogens is 3. The van der Waals surface area contributed by atoms with Crippen molar-refractivity contribution in [2.75, 3.05) is 0 Å². The first-order valence-electron chi connectivity index (χ1n) is 2.91. The van der Waals surface area contributed by atoms with E-state index in [1.807, 2.05) is 0 Å². The van der Waals surface area contributed by atoms with Crippen molar-refractivity contribution in [2.24, 2.45) is 0 Å². The lowest BCUT2D eigenvalue weighted by Gasteiger charge is -2.02. The van der Waals surface area contributed by atoms with Crippen LogP contribution in [0.1, 0.15) is 10.4 Å². The molecule has 0 bridgehead atoms. The molecule has 0 aliphatic rings. The zero-order valence-corrected chi connectivity index (χ0v) is 9.57. The van der Waals surface area contributed by atoms with Gasteiger partial charge in [0, 0.05) is 8.95 Å². The summed E-state index contributed by atoms with van der Waals surface area (Å²) in [5, 5.41) is 8.94. The third-order valence-corrected chi connectivity index (χ3v) is 3.20. The van der Waals surface area contributed by atoms with E-state index >= 15 is 0 Å². The fraction of sp³-hybridized carbons (Fsp3) is 0. The number of hydrogen-bond donors (Lipinski definition) is 1. The van der Waals surface area contributed by atoms with Gasteiger partial charge in [0.25, 0.3) is 0 Å². The van der Waals surface area contributed by atoms with E-state index in [1.54, 1.807) is 12.1 Å².